The van der Waals surface area contributed by atoms with E-state index in [1.165, 1.54) is 43.7 Å². The summed E-state index contributed by atoms with van der Waals surface area (Å²) in [4.78, 5) is 36.4. The van der Waals surface area contributed by atoms with Gasteiger partial charge >= 0.3 is 17.8 Å². The van der Waals surface area contributed by atoms with E-state index in [4.69, 9.17) is 44.3 Å². The van der Waals surface area contributed by atoms with Crippen molar-refractivity contribution in [3.8, 4) is 11.5 Å². The number of carbonyl (C=O) groups excluding carboxylic acids is 3. The maximum Gasteiger partial charge on any atom is 0.345 e. The fraction of sp³-hybridized carbons (Fsp3) is 0.0435. The van der Waals surface area contributed by atoms with Crippen LogP contribution in [0.15, 0.2) is 65.8 Å². The van der Waals surface area contributed by atoms with Crippen LogP contribution in [0.1, 0.15) is 15.9 Å². The van der Waals surface area contributed by atoms with Gasteiger partial charge in [-0.3, -0.25) is 9.59 Å². The van der Waals surface area contributed by atoms with Crippen LogP contribution in [-0.2, 0) is 9.59 Å². The lowest BCUT2D eigenvalue weighted by Gasteiger charge is -2.10. The van der Waals surface area contributed by atoms with Crippen LogP contribution < -0.4 is 20.2 Å². The predicted molar refractivity (Wildman–Crippen MR) is 130 cm³/mol. The van der Waals surface area contributed by atoms with Gasteiger partial charge in [0.2, 0.25) is 0 Å². The monoisotopic (exact) mass is 519 g/mol. The van der Waals surface area contributed by atoms with E-state index < -0.39 is 17.8 Å². The third kappa shape index (κ3) is 6.48. The summed E-state index contributed by atoms with van der Waals surface area (Å²) in [6.45, 7) is 0. The minimum absolute atomic E-state index is 0.136. The molecule has 0 radical (unpaired) electrons. The molecule has 0 saturated carbocycles. The highest BCUT2D eigenvalue weighted by Crippen LogP contribution is 2.30. The fourth-order valence-corrected chi connectivity index (χ4v) is 3.29. The van der Waals surface area contributed by atoms with E-state index >= 15 is 0 Å². The van der Waals surface area contributed by atoms with Gasteiger partial charge in [0.1, 0.15) is 0 Å². The average Bonchev–Trinajstić information content (AvgIpc) is 2.81. The van der Waals surface area contributed by atoms with E-state index in [0.717, 1.165) is 0 Å². The third-order valence-corrected chi connectivity index (χ3v) is 5.13. The van der Waals surface area contributed by atoms with Gasteiger partial charge < -0.3 is 14.8 Å². The molecule has 0 aromatic heterocycles. The lowest BCUT2D eigenvalue weighted by atomic mass is 10.2. The Hall–Kier alpha value is -3.59. The number of hydrogen-bond donors (Lipinski definition) is 2. The molecule has 0 aliphatic heterocycles. The Morgan fingerprint density at radius 2 is 1.65 bits per heavy atom. The molecule has 0 aliphatic rings. The van der Waals surface area contributed by atoms with Crippen LogP contribution in [0.4, 0.5) is 5.69 Å². The number of benzene rings is 3. The number of carbonyl (C=O) groups is 3. The molecule has 0 saturated heterocycles. The van der Waals surface area contributed by atoms with E-state index in [1.54, 1.807) is 30.3 Å². The molecule has 3 aromatic carbocycles. The molecule has 0 heterocycles. The van der Waals surface area contributed by atoms with Crippen molar-refractivity contribution in [1.29, 1.82) is 0 Å². The maximum absolute atomic E-state index is 12.4. The summed E-state index contributed by atoms with van der Waals surface area (Å²) in [5.41, 5.74) is 3.03. The molecule has 0 aliphatic carbocycles. The SMILES string of the molecule is COc1cc(/C=N\NC(=O)C(=O)Nc2ccccc2Cl)ccc1OC(=O)c1ccc(Cl)cc1Cl. The summed E-state index contributed by atoms with van der Waals surface area (Å²) < 4.78 is 10.6. The Balaban J connectivity index is 1.63. The number of anilines is 1. The lowest BCUT2D eigenvalue weighted by molar-refractivity contribution is -0.136. The standard InChI is InChI=1S/C23H16Cl3N3O5/c1-33-20-10-13(6-9-19(20)34-23(32)15-8-7-14(24)11-17(15)26)12-27-29-22(31)21(30)28-18-5-3-2-4-16(18)25/h2-12H,1H3,(H,28,30)(H,29,31)/b27-12-. The van der Waals surface area contributed by atoms with Crippen LogP contribution in [0.2, 0.25) is 15.1 Å². The van der Waals surface area contributed by atoms with Crippen molar-refractivity contribution in [1.82, 2.24) is 5.43 Å². The molecule has 11 heteroatoms. The molecule has 0 bridgehead atoms. The highest BCUT2D eigenvalue weighted by Gasteiger charge is 2.17. The van der Waals surface area contributed by atoms with Crippen LogP contribution in [0.25, 0.3) is 0 Å². The van der Waals surface area contributed by atoms with Crippen molar-refractivity contribution >= 4 is 64.5 Å². The third-order valence-electron chi connectivity index (χ3n) is 4.25. The first-order valence-electron chi connectivity index (χ1n) is 9.52. The minimum atomic E-state index is -0.992. The van der Waals surface area contributed by atoms with E-state index in [2.05, 4.69) is 15.8 Å². The Labute approximate surface area is 209 Å². The molecule has 3 aromatic rings. The van der Waals surface area contributed by atoms with Gasteiger partial charge in [0.15, 0.2) is 11.5 Å². The summed E-state index contributed by atoms with van der Waals surface area (Å²) in [5, 5.41) is 6.95. The van der Waals surface area contributed by atoms with E-state index in [9.17, 15) is 14.4 Å². The van der Waals surface area contributed by atoms with Crippen molar-refractivity contribution in [2.24, 2.45) is 5.10 Å². The molecule has 0 unspecified atom stereocenters. The fourth-order valence-electron chi connectivity index (χ4n) is 2.62. The number of amides is 2. The summed E-state index contributed by atoms with van der Waals surface area (Å²) in [7, 11) is 1.39. The average molecular weight is 521 g/mol. The van der Waals surface area contributed by atoms with Crippen LogP contribution in [0, 0.1) is 0 Å². The number of rotatable bonds is 6. The van der Waals surface area contributed by atoms with Crippen molar-refractivity contribution < 1.29 is 23.9 Å². The zero-order valence-corrected chi connectivity index (χ0v) is 19.7. The predicted octanol–water partition coefficient (Wildman–Crippen LogP) is 4.96. The smallest absolute Gasteiger partial charge is 0.345 e. The van der Waals surface area contributed by atoms with Gasteiger partial charge in [-0.15, -0.1) is 0 Å². The molecular formula is C23H16Cl3N3O5. The summed E-state index contributed by atoms with van der Waals surface area (Å²) in [6, 6.07) is 15.4. The molecule has 0 spiro atoms. The molecule has 34 heavy (non-hydrogen) atoms. The topological polar surface area (TPSA) is 106 Å². The second kappa shape index (κ2) is 11.5. The van der Waals surface area contributed by atoms with Gasteiger partial charge in [-0.25, -0.2) is 10.2 Å². The van der Waals surface area contributed by atoms with E-state index in [0.29, 0.717) is 21.3 Å². The first-order chi connectivity index (χ1) is 16.3. The number of nitrogens with one attached hydrogen (secondary N) is 2. The van der Waals surface area contributed by atoms with Gasteiger partial charge in [0.25, 0.3) is 0 Å². The number of ether oxygens (including phenoxy) is 2. The highest BCUT2D eigenvalue weighted by atomic mass is 35.5. The molecule has 0 fully saturated rings. The summed E-state index contributed by atoms with van der Waals surface area (Å²) in [6.07, 6.45) is 1.28. The second-order valence-electron chi connectivity index (χ2n) is 6.56. The Morgan fingerprint density at radius 3 is 2.35 bits per heavy atom. The van der Waals surface area contributed by atoms with Crippen LogP contribution in [-0.4, -0.2) is 31.1 Å². The van der Waals surface area contributed by atoms with Crippen LogP contribution in [0.3, 0.4) is 0 Å². The lowest BCUT2D eigenvalue weighted by Crippen LogP contribution is -2.32. The molecule has 3 rings (SSSR count). The van der Waals surface area contributed by atoms with Gasteiger partial charge in [-0.1, -0.05) is 46.9 Å². The highest BCUT2D eigenvalue weighted by molar-refractivity contribution is 6.41. The van der Waals surface area contributed by atoms with Gasteiger partial charge in [-0.05, 0) is 54.1 Å². The first-order valence-corrected chi connectivity index (χ1v) is 10.7. The number of methoxy groups -OCH3 is 1. The first kappa shape index (κ1) is 25.0. The van der Waals surface area contributed by atoms with Gasteiger partial charge in [-0.2, -0.15) is 5.10 Å². The van der Waals surface area contributed by atoms with Crippen molar-refractivity contribution in [3.05, 3.63) is 86.9 Å². The zero-order valence-electron chi connectivity index (χ0n) is 17.5. The number of halogens is 3. The normalized spacial score (nSPS) is 10.6. The largest absolute Gasteiger partial charge is 0.493 e. The molecule has 8 nitrogen and oxygen atoms in total. The number of esters is 1. The van der Waals surface area contributed by atoms with Crippen LogP contribution >= 0.6 is 34.8 Å². The summed E-state index contributed by atoms with van der Waals surface area (Å²) in [5.74, 6) is -2.26. The zero-order chi connectivity index (χ0) is 24.7. The van der Waals surface area contributed by atoms with Gasteiger partial charge in [0.05, 0.1) is 34.6 Å². The quantitative estimate of drug-likeness (QED) is 0.157. The number of hydrogen-bond acceptors (Lipinski definition) is 6. The van der Waals surface area contributed by atoms with Crippen LogP contribution in [0.5, 0.6) is 11.5 Å². The van der Waals surface area contributed by atoms with Crippen molar-refractivity contribution in [2.75, 3.05) is 12.4 Å². The van der Waals surface area contributed by atoms with E-state index in [-0.39, 0.29) is 22.1 Å². The number of hydrazone groups is 1. The maximum atomic E-state index is 12.4. The molecular weight excluding hydrogens is 505 g/mol. The van der Waals surface area contributed by atoms with Crippen molar-refractivity contribution in [2.45, 2.75) is 0 Å². The van der Waals surface area contributed by atoms with Gasteiger partial charge in [0, 0.05) is 5.02 Å². The van der Waals surface area contributed by atoms with E-state index in [1.807, 2.05) is 0 Å². The Bertz CT molecular complexity index is 1280. The molecule has 174 valence electrons. The number of para-hydroxylation sites is 1. The number of nitrogens with zero attached hydrogens (tertiary/aromatic N) is 1. The molecule has 0 atom stereocenters. The Morgan fingerprint density at radius 1 is 0.882 bits per heavy atom. The Kier molecular flexibility index (Phi) is 8.48. The molecule has 2 amide bonds. The molecule has 2 N–H and O–H groups in total. The minimum Gasteiger partial charge on any atom is -0.493 e. The summed E-state index contributed by atoms with van der Waals surface area (Å²) >= 11 is 17.8. The second-order valence-corrected chi connectivity index (χ2v) is 7.81. The van der Waals surface area contributed by atoms with Crippen molar-refractivity contribution in [3.63, 3.8) is 0 Å².